The number of hydrazine groups is 1. The third-order valence-electron chi connectivity index (χ3n) is 5.78. The highest BCUT2D eigenvalue weighted by Gasteiger charge is 2.21. The number of nitrogens with one attached hydrogen (secondary N) is 4. The number of benzene rings is 2. The Kier molecular flexibility index (Phi) is 13.0. The van der Waals surface area contributed by atoms with E-state index in [0.29, 0.717) is 11.4 Å². The third-order valence-corrected chi connectivity index (χ3v) is 5.78. The molecule has 1 atom stereocenters. The van der Waals surface area contributed by atoms with Crippen molar-refractivity contribution in [3.05, 3.63) is 107 Å². The summed E-state index contributed by atoms with van der Waals surface area (Å²) in [6.45, 7) is 0.231. The molecule has 3 aromatic heterocycles. The molecular weight excluding hydrogens is 598 g/mol. The van der Waals surface area contributed by atoms with E-state index in [9.17, 15) is 19.2 Å². The summed E-state index contributed by atoms with van der Waals surface area (Å²) in [5.41, 5.74) is 9.94. The monoisotopic (exact) mass is 629 g/mol. The Morgan fingerprint density at radius 2 is 1.57 bits per heavy atom. The lowest BCUT2D eigenvalue weighted by Gasteiger charge is -2.14. The molecule has 0 saturated heterocycles. The quantitative estimate of drug-likeness (QED) is 0.0800. The Hall–Kier alpha value is -6.49. The van der Waals surface area contributed by atoms with Gasteiger partial charge >= 0.3 is 11.9 Å². The maximum atomic E-state index is 12.3. The number of rotatable bonds is 10. The molecule has 0 aliphatic rings. The number of carbonyl (C=O) groups excluding carboxylic acids is 1. The number of nitrogens with two attached hydrogens (primary N) is 2. The van der Waals surface area contributed by atoms with Crippen molar-refractivity contribution in [1.82, 2.24) is 35.5 Å². The third kappa shape index (κ3) is 11.3. The van der Waals surface area contributed by atoms with Crippen molar-refractivity contribution in [3.8, 4) is 0 Å². The highest BCUT2D eigenvalue weighted by molar-refractivity contribution is 5.97. The number of H-pyrrole nitrogens is 1. The summed E-state index contributed by atoms with van der Waals surface area (Å²) in [5.74, 6) is 1.94. The van der Waals surface area contributed by atoms with E-state index in [2.05, 4.69) is 46.2 Å². The van der Waals surface area contributed by atoms with Crippen molar-refractivity contribution in [2.75, 3.05) is 16.5 Å². The molecule has 0 fully saturated rings. The van der Waals surface area contributed by atoms with Crippen molar-refractivity contribution >= 4 is 46.3 Å². The number of hydrogen-bond donors (Lipinski definition) is 8. The van der Waals surface area contributed by atoms with Crippen LogP contribution in [-0.4, -0.2) is 64.2 Å². The Morgan fingerprint density at radius 1 is 0.891 bits per heavy atom. The molecule has 17 heteroatoms. The molecule has 3 heterocycles. The van der Waals surface area contributed by atoms with Crippen LogP contribution in [0.4, 0.5) is 17.3 Å². The predicted octanol–water partition coefficient (Wildman–Crippen LogP) is 1.40. The van der Waals surface area contributed by atoms with Gasteiger partial charge in [-0.2, -0.15) is 15.2 Å². The second-order valence-electron chi connectivity index (χ2n) is 9.14. The van der Waals surface area contributed by atoms with Crippen LogP contribution in [0.5, 0.6) is 0 Å². The fourth-order valence-corrected chi connectivity index (χ4v) is 3.54. The second kappa shape index (κ2) is 17.6. The van der Waals surface area contributed by atoms with E-state index in [0.717, 1.165) is 5.69 Å². The van der Waals surface area contributed by atoms with Crippen LogP contribution in [0.2, 0.25) is 0 Å². The fraction of sp³-hybridized carbons (Fsp3) is 0.138. The minimum absolute atomic E-state index is 0.0524. The number of anilines is 3. The van der Waals surface area contributed by atoms with Crippen molar-refractivity contribution in [3.63, 3.8) is 0 Å². The number of hydrogen-bond acceptors (Lipinski definition) is 13. The van der Waals surface area contributed by atoms with Crippen molar-refractivity contribution < 1.29 is 24.6 Å². The average molecular weight is 630 g/mol. The molecule has 1 unspecified atom stereocenters. The fourth-order valence-electron chi connectivity index (χ4n) is 3.54. The van der Waals surface area contributed by atoms with Gasteiger partial charge < -0.3 is 32.0 Å². The molecule has 0 aliphatic carbocycles. The molecule has 0 radical (unpaired) electrons. The number of carboxylic acids is 2. The van der Waals surface area contributed by atoms with Gasteiger partial charge in [0, 0.05) is 35.8 Å². The van der Waals surface area contributed by atoms with Gasteiger partial charge in [0.05, 0.1) is 18.4 Å². The smallest absolute Gasteiger partial charge is 0.326 e. The summed E-state index contributed by atoms with van der Waals surface area (Å²) < 4.78 is 0. The number of fused-ring (bicyclic) bond motifs is 1. The van der Waals surface area contributed by atoms with Crippen LogP contribution in [0.15, 0.2) is 90.1 Å². The number of nitrogen functional groups attached to an aromatic ring is 2. The first-order valence-electron chi connectivity index (χ1n) is 13.5. The van der Waals surface area contributed by atoms with Gasteiger partial charge in [0.15, 0.2) is 11.2 Å². The topological polar surface area (TPSA) is 277 Å². The Morgan fingerprint density at radius 3 is 2.11 bits per heavy atom. The van der Waals surface area contributed by atoms with E-state index >= 15 is 0 Å². The van der Waals surface area contributed by atoms with Crippen LogP contribution in [0, 0.1) is 0 Å². The number of amides is 1. The maximum Gasteiger partial charge on any atom is 0.326 e. The van der Waals surface area contributed by atoms with Crippen LogP contribution in [0.25, 0.3) is 11.2 Å². The lowest BCUT2D eigenvalue weighted by Crippen LogP contribution is -2.41. The second-order valence-corrected chi connectivity index (χ2v) is 9.14. The van der Waals surface area contributed by atoms with Gasteiger partial charge in [-0.3, -0.25) is 25.2 Å². The zero-order chi connectivity index (χ0) is 33.3. The molecule has 0 spiro atoms. The molecule has 2 aromatic carbocycles. The minimum Gasteiger partial charge on any atom is -0.481 e. The van der Waals surface area contributed by atoms with Gasteiger partial charge in [0.25, 0.3) is 11.5 Å². The summed E-state index contributed by atoms with van der Waals surface area (Å²) in [7, 11) is 0. The van der Waals surface area contributed by atoms with Crippen molar-refractivity contribution in [1.29, 1.82) is 0 Å². The lowest BCUT2D eigenvalue weighted by molar-refractivity contribution is -0.140. The first kappa shape index (κ1) is 34.0. The number of carbonyl (C=O) groups is 3. The first-order valence-corrected chi connectivity index (χ1v) is 13.5. The Balaban J connectivity index is 0.000000335. The van der Waals surface area contributed by atoms with Crippen molar-refractivity contribution in [2.45, 2.75) is 25.4 Å². The van der Waals surface area contributed by atoms with E-state index < -0.39 is 29.4 Å². The van der Waals surface area contributed by atoms with Gasteiger partial charge in [-0.1, -0.05) is 18.2 Å². The number of nitrogens with zero attached hydrogens (tertiary/aromatic N) is 5. The largest absolute Gasteiger partial charge is 0.481 e. The molecule has 0 saturated carbocycles. The Labute approximate surface area is 261 Å². The highest BCUT2D eigenvalue weighted by Crippen LogP contribution is 2.12. The van der Waals surface area contributed by atoms with Gasteiger partial charge in [0.1, 0.15) is 6.04 Å². The van der Waals surface area contributed by atoms with Crippen LogP contribution in [0.3, 0.4) is 0 Å². The standard InChI is InChI=1S/C19H19N7O6.C6H8N2.C4H4N2/c20-19-25-15-14(17(30)26-19)23-11(8-22-15)7-21-10-3-1-9(2-4-10)16(29)24-12(18(31)32)5-6-13(27)28;7-8-6-4-2-1-3-5-6;1-2-4-6-5-3-1/h1-4,8,12,21H,5-7H2,(H,24,29)(H,27,28)(H,31,32)(H3,20,22,25,26,30);1-5,8H,7H2;1-4H. The van der Waals surface area contributed by atoms with Crippen LogP contribution in [0.1, 0.15) is 28.9 Å². The SMILES string of the molecule is NNc1ccccc1.Nc1nc2ncc(CNc3ccc(C(=O)NC(CCC(=O)O)C(=O)O)cc3)nc2c(=O)[nH]1.c1ccnnc1. The molecular formula is C29H31N11O6. The summed E-state index contributed by atoms with van der Waals surface area (Å²) in [6, 6.07) is 18.1. The number of carboxylic acid groups (broad SMARTS) is 2. The van der Waals surface area contributed by atoms with E-state index in [1.54, 1.807) is 24.5 Å². The molecule has 0 aliphatic heterocycles. The zero-order valence-corrected chi connectivity index (χ0v) is 24.2. The normalized spacial score (nSPS) is 10.6. The minimum atomic E-state index is -1.31. The maximum absolute atomic E-state index is 12.3. The average Bonchev–Trinajstić information content (AvgIpc) is 3.07. The number of aliphatic carboxylic acids is 2. The summed E-state index contributed by atoms with van der Waals surface area (Å²) in [5, 5.41) is 30.3. The summed E-state index contributed by atoms with van der Waals surface area (Å²) in [4.78, 5) is 60.6. The molecule has 46 heavy (non-hydrogen) atoms. The molecule has 1 amide bonds. The van der Waals surface area contributed by atoms with Crippen LogP contribution < -0.4 is 33.2 Å². The van der Waals surface area contributed by atoms with E-state index in [1.165, 1.54) is 18.3 Å². The summed E-state index contributed by atoms with van der Waals surface area (Å²) >= 11 is 0. The Bertz CT molecular complexity index is 1750. The molecule has 0 bridgehead atoms. The van der Waals surface area contributed by atoms with E-state index in [-0.39, 0.29) is 42.1 Å². The van der Waals surface area contributed by atoms with E-state index in [4.69, 9.17) is 21.8 Å². The molecule has 17 nitrogen and oxygen atoms in total. The predicted molar refractivity (Wildman–Crippen MR) is 168 cm³/mol. The van der Waals surface area contributed by atoms with Crippen LogP contribution >= 0.6 is 0 Å². The number of aromatic nitrogens is 6. The van der Waals surface area contributed by atoms with Gasteiger partial charge in [0.2, 0.25) is 5.95 Å². The highest BCUT2D eigenvalue weighted by atomic mass is 16.4. The van der Waals surface area contributed by atoms with Gasteiger partial charge in [-0.25, -0.2) is 14.8 Å². The number of aromatic amines is 1. The molecule has 5 aromatic rings. The van der Waals surface area contributed by atoms with Gasteiger partial charge in [-0.15, -0.1) is 0 Å². The number of para-hydroxylation sites is 1. The molecule has 238 valence electrons. The molecule has 5 rings (SSSR count). The van der Waals surface area contributed by atoms with Crippen LogP contribution in [-0.2, 0) is 16.1 Å². The lowest BCUT2D eigenvalue weighted by atomic mass is 10.1. The summed E-state index contributed by atoms with van der Waals surface area (Å²) in [6.07, 6.45) is 4.12. The van der Waals surface area contributed by atoms with Gasteiger partial charge in [-0.05, 0) is 55.0 Å². The van der Waals surface area contributed by atoms with Crippen molar-refractivity contribution in [2.24, 2.45) is 5.84 Å². The van der Waals surface area contributed by atoms with E-state index in [1.807, 2.05) is 42.5 Å². The molecule has 10 N–H and O–H groups in total. The first-order chi connectivity index (χ1) is 22.2. The zero-order valence-electron chi connectivity index (χ0n) is 24.2.